The Hall–Kier alpha value is -2.14. The molecule has 10 atom stereocenters. The van der Waals surface area contributed by atoms with Crippen LogP contribution in [0.3, 0.4) is 0 Å². The minimum absolute atomic E-state index is 0.0993. The Morgan fingerprint density at radius 1 is 1.14 bits per heavy atom. The molecule has 5 N–H and O–H groups in total. The lowest BCUT2D eigenvalue weighted by atomic mass is 9.54. The number of aliphatic hydroxyl groups excluding tert-OH is 2. The summed E-state index contributed by atoms with van der Waals surface area (Å²) in [5.41, 5.74) is -7.60. The van der Waals surface area contributed by atoms with E-state index in [1.54, 1.807) is 26.0 Å². The number of unbranched alkanes of at least 4 members (excludes halogenated alkanes) is 7. The van der Waals surface area contributed by atoms with E-state index in [9.17, 15) is 35.1 Å². The van der Waals surface area contributed by atoms with Crippen molar-refractivity contribution in [2.75, 3.05) is 6.61 Å². The van der Waals surface area contributed by atoms with E-state index in [1.807, 2.05) is 6.08 Å². The quantitative estimate of drug-likeness (QED) is 0.0533. The molecule has 0 aromatic carbocycles. The summed E-state index contributed by atoms with van der Waals surface area (Å²) in [4.78, 5) is 26.4. The second-order valence-corrected chi connectivity index (χ2v) is 13.3. The highest BCUT2D eigenvalue weighted by Crippen LogP contribution is 2.65. The van der Waals surface area contributed by atoms with Crippen molar-refractivity contribution in [2.45, 2.75) is 126 Å². The van der Waals surface area contributed by atoms with E-state index >= 15 is 0 Å². The van der Waals surface area contributed by atoms with Gasteiger partial charge in [0.1, 0.15) is 29.5 Å². The molecule has 0 bridgehead atoms. The first-order valence-corrected chi connectivity index (χ1v) is 15.8. The number of Topliss-reactive ketones (excluding diaryl/α,β-unsaturated/α-hetero) is 1. The molecule has 0 spiro atoms. The van der Waals surface area contributed by atoms with Crippen LogP contribution in [0.4, 0.5) is 0 Å². The van der Waals surface area contributed by atoms with Crippen molar-refractivity contribution in [3.8, 4) is 0 Å². The SMILES string of the molecule is C=C(C)C1(O)CC(C)C2(O)C(C1OC(=O)C=CC=CCCCCCCCCC)C1OC1(CO)C(O)C1(O)C(=O)C(C)=CC12. The highest BCUT2D eigenvalue weighted by atomic mass is 16.6. The van der Waals surface area contributed by atoms with Gasteiger partial charge < -0.3 is 35.0 Å². The molecule has 10 unspecified atom stereocenters. The van der Waals surface area contributed by atoms with E-state index in [1.165, 1.54) is 51.2 Å². The molecule has 9 nitrogen and oxygen atoms in total. The summed E-state index contributed by atoms with van der Waals surface area (Å²) in [6, 6.07) is 0. The van der Waals surface area contributed by atoms with Gasteiger partial charge in [0, 0.05) is 12.0 Å². The molecule has 240 valence electrons. The normalized spacial score (nSPS) is 41.9. The van der Waals surface area contributed by atoms with Crippen molar-refractivity contribution in [1.29, 1.82) is 0 Å². The number of carbonyl (C=O) groups excluding carboxylic acids is 2. The van der Waals surface area contributed by atoms with E-state index in [4.69, 9.17) is 9.47 Å². The van der Waals surface area contributed by atoms with Crippen LogP contribution in [0.1, 0.15) is 85.5 Å². The maximum atomic E-state index is 13.3. The van der Waals surface area contributed by atoms with E-state index in [-0.39, 0.29) is 12.0 Å². The Morgan fingerprint density at radius 3 is 2.42 bits per heavy atom. The number of ether oxygens (including phenoxy) is 2. The van der Waals surface area contributed by atoms with Crippen molar-refractivity contribution >= 4 is 11.8 Å². The zero-order valence-corrected chi connectivity index (χ0v) is 26.0. The minimum atomic E-state index is -2.48. The van der Waals surface area contributed by atoms with Crippen molar-refractivity contribution in [2.24, 2.45) is 17.8 Å². The Labute approximate surface area is 255 Å². The van der Waals surface area contributed by atoms with Crippen molar-refractivity contribution in [1.82, 2.24) is 0 Å². The van der Waals surface area contributed by atoms with Gasteiger partial charge in [-0.15, -0.1) is 0 Å². The number of hydrogen-bond acceptors (Lipinski definition) is 9. The number of epoxide rings is 1. The maximum Gasteiger partial charge on any atom is 0.331 e. The Balaban J connectivity index is 1.57. The lowest BCUT2D eigenvalue weighted by molar-refractivity contribution is -0.252. The molecular weight excluding hydrogens is 552 g/mol. The topological polar surface area (TPSA) is 157 Å². The summed E-state index contributed by atoms with van der Waals surface area (Å²) in [5, 5.41) is 58.0. The van der Waals surface area contributed by atoms with Gasteiger partial charge in [0.2, 0.25) is 0 Å². The average molecular weight is 603 g/mol. The van der Waals surface area contributed by atoms with Gasteiger partial charge in [-0.3, -0.25) is 4.79 Å². The van der Waals surface area contributed by atoms with Crippen LogP contribution < -0.4 is 0 Å². The van der Waals surface area contributed by atoms with E-state index in [2.05, 4.69) is 13.5 Å². The third-order valence-electron chi connectivity index (χ3n) is 10.5. The molecule has 4 aliphatic rings. The van der Waals surface area contributed by atoms with Crippen LogP contribution in [-0.4, -0.2) is 84.6 Å². The molecule has 0 aromatic rings. The van der Waals surface area contributed by atoms with Gasteiger partial charge in [-0.05, 0) is 50.2 Å². The molecule has 2 saturated carbocycles. The highest BCUT2D eigenvalue weighted by molar-refractivity contribution is 6.05. The molecule has 0 aromatic heterocycles. The number of ketones is 1. The predicted octanol–water partition coefficient (Wildman–Crippen LogP) is 3.23. The summed E-state index contributed by atoms with van der Waals surface area (Å²) in [7, 11) is 0. The van der Waals surface area contributed by atoms with E-state index < -0.39 is 76.8 Å². The number of aliphatic hydroxyl groups is 5. The maximum absolute atomic E-state index is 13.3. The number of esters is 1. The Bertz CT molecular complexity index is 1170. The number of allylic oxidation sites excluding steroid dienone is 3. The van der Waals surface area contributed by atoms with Gasteiger partial charge in [0.05, 0.1) is 18.1 Å². The van der Waals surface area contributed by atoms with Gasteiger partial charge in [0.15, 0.2) is 11.4 Å². The lowest BCUT2D eigenvalue weighted by Crippen LogP contribution is -2.71. The van der Waals surface area contributed by atoms with Crippen molar-refractivity contribution < 1.29 is 44.6 Å². The fraction of sp³-hybridized carbons (Fsp3) is 0.706. The van der Waals surface area contributed by atoms with Gasteiger partial charge >= 0.3 is 5.97 Å². The smallest absolute Gasteiger partial charge is 0.331 e. The van der Waals surface area contributed by atoms with Crippen LogP contribution in [0.2, 0.25) is 0 Å². The first kappa shape index (κ1) is 33.7. The van der Waals surface area contributed by atoms with Crippen LogP contribution in [0.25, 0.3) is 0 Å². The molecule has 0 amide bonds. The second kappa shape index (κ2) is 12.7. The molecular formula is C34H50O9. The molecule has 1 aliphatic heterocycles. The van der Waals surface area contributed by atoms with Crippen LogP contribution in [0.5, 0.6) is 0 Å². The van der Waals surface area contributed by atoms with Gasteiger partial charge in [-0.2, -0.15) is 0 Å². The lowest BCUT2D eigenvalue weighted by Gasteiger charge is -2.57. The second-order valence-electron chi connectivity index (χ2n) is 13.3. The number of rotatable bonds is 13. The van der Waals surface area contributed by atoms with Crippen LogP contribution >= 0.6 is 0 Å². The zero-order valence-electron chi connectivity index (χ0n) is 26.0. The van der Waals surface area contributed by atoms with Crippen LogP contribution in [0.15, 0.2) is 48.1 Å². The third-order valence-corrected chi connectivity index (χ3v) is 10.5. The molecule has 9 heteroatoms. The van der Waals surface area contributed by atoms with Gasteiger partial charge in [0.25, 0.3) is 0 Å². The minimum Gasteiger partial charge on any atom is -0.455 e. The number of hydrogen-bond donors (Lipinski definition) is 5. The molecule has 4 rings (SSSR count). The van der Waals surface area contributed by atoms with E-state index in [0.717, 1.165) is 19.3 Å². The molecule has 1 heterocycles. The van der Waals surface area contributed by atoms with Crippen LogP contribution in [0, 0.1) is 17.8 Å². The summed E-state index contributed by atoms with van der Waals surface area (Å²) in [6.07, 6.45) is 12.8. The van der Waals surface area contributed by atoms with Gasteiger partial charge in [-0.25, -0.2) is 4.79 Å². The zero-order chi connectivity index (χ0) is 31.8. The standard InChI is InChI=1S/C34H50O9/c1-6-7-8-9-10-11-12-13-14-15-16-17-25(36)42-28-26-29-32(20-35,43-29)30(38)34(41)24(18-22(4)27(34)37)33(26,40)23(5)19-31(28,39)21(2)3/h14-18,23-24,26,28-30,35,38-41H,2,6-13,19-20H2,1,3-5H3. The molecule has 3 aliphatic carbocycles. The Kier molecular flexibility index (Phi) is 9.96. The molecule has 3 fully saturated rings. The third kappa shape index (κ3) is 5.51. The van der Waals surface area contributed by atoms with Gasteiger partial charge in [-0.1, -0.05) is 83.3 Å². The summed E-state index contributed by atoms with van der Waals surface area (Å²) < 4.78 is 11.7. The average Bonchev–Trinajstić information content (AvgIpc) is 3.65. The summed E-state index contributed by atoms with van der Waals surface area (Å²) in [6.45, 7) is 10.1. The van der Waals surface area contributed by atoms with E-state index in [0.29, 0.717) is 5.57 Å². The van der Waals surface area contributed by atoms with Crippen molar-refractivity contribution in [3.05, 3.63) is 48.1 Å². The summed E-state index contributed by atoms with van der Waals surface area (Å²) in [5.74, 6) is -4.83. The largest absolute Gasteiger partial charge is 0.455 e. The van der Waals surface area contributed by atoms with Crippen molar-refractivity contribution in [3.63, 3.8) is 0 Å². The molecule has 43 heavy (non-hydrogen) atoms. The number of carbonyl (C=O) groups is 2. The monoisotopic (exact) mass is 602 g/mol. The molecule has 0 radical (unpaired) electrons. The number of fused-ring (bicyclic) bond motifs is 5. The van der Waals surface area contributed by atoms with Crippen LogP contribution in [-0.2, 0) is 19.1 Å². The predicted molar refractivity (Wildman–Crippen MR) is 161 cm³/mol. The Morgan fingerprint density at radius 2 is 1.79 bits per heavy atom. The molecule has 1 saturated heterocycles. The fourth-order valence-corrected chi connectivity index (χ4v) is 7.89. The summed E-state index contributed by atoms with van der Waals surface area (Å²) >= 11 is 0. The highest BCUT2D eigenvalue weighted by Gasteiger charge is 2.83. The first-order valence-electron chi connectivity index (χ1n) is 15.8. The first-order chi connectivity index (χ1) is 20.3. The fourth-order valence-electron chi connectivity index (χ4n) is 7.89.